The fourth-order valence-electron chi connectivity index (χ4n) is 6.96. The normalized spacial score (nSPS) is 37.2. The molecule has 6 rings (SSSR count). The van der Waals surface area contributed by atoms with Crippen LogP contribution in [-0.4, -0.2) is 27.5 Å². The molecule has 4 saturated carbocycles. The molecule has 2 N–H and O–H groups in total. The molecule has 4 fully saturated rings. The van der Waals surface area contributed by atoms with Crippen molar-refractivity contribution >= 4 is 23.6 Å². The predicted molar refractivity (Wildman–Crippen MR) is 134 cm³/mol. The SMILES string of the molecule is CC[C@H](C)C1=CN(C23CC(C(=O)O)(C2)C3)C(=O)NC1(C)c1ccc(C2CC2C(C)(C)C)c(Cl)c1. The summed E-state index contributed by atoms with van der Waals surface area (Å²) in [6, 6.07) is 6.18. The van der Waals surface area contributed by atoms with Gasteiger partial charge < -0.3 is 10.4 Å². The lowest BCUT2D eigenvalue weighted by Gasteiger charge is -2.71. The molecule has 2 bridgehead atoms. The molecule has 0 radical (unpaired) electrons. The van der Waals surface area contributed by atoms with Gasteiger partial charge in [0.05, 0.1) is 16.5 Å². The molecule has 1 aromatic rings. The summed E-state index contributed by atoms with van der Waals surface area (Å²) in [5, 5.41) is 13.6. The highest BCUT2D eigenvalue weighted by molar-refractivity contribution is 6.31. The van der Waals surface area contributed by atoms with E-state index in [4.69, 9.17) is 11.6 Å². The lowest BCUT2D eigenvalue weighted by Crippen LogP contribution is -2.78. The van der Waals surface area contributed by atoms with E-state index in [0.717, 1.165) is 22.6 Å². The van der Waals surface area contributed by atoms with Crippen LogP contribution in [0.1, 0.15) is 90.7 Å². The molecular weight excluding hydrogens is 448 g/mol. The fourth-order valence-corrected chi connectivity index (χ4v) is 7.28. The van der Waals surface area contributed by atoms with Gasteiger partial charge in [0, 0.05) is 11.2 Å². The third kappa shape index (κ3) is 3.26. The largest absolute Gasteiger partial charge is 0.481 e. The van der Waals surface area contributed by atoms with Crippen molar-refractivity contribution < 1.29 is 14.7 Å². The van der Waals surface area contributed by atoms with Crippen LogP contribution in [0.2, 0.25) is 5.02 Å². The Balaban J connectivity index is 1.46. The van der Waals surface area contributed by atoms with Gasteiger partial charge in [-0.25, -0.2) is 4.79 Å². The molecule has 0 spiro atoms. The average Bonchev–Trinajstić information content (AvgIpc) is 3.47. The second-order valence-electron chi connectivity index (χ2n) is 12.7. The first kappa shape index (κ1) is 23.7. The van der Waals surface area contributed by atoms with E-state index >= 15 is 0 Å². The number of halogens is 1. The molecule has 34 heavy (non-hydrogen) atoms. The summed E-state index contributed by atoms with van der Waals surface area (Å²) in [6.07, 6.45) is 5.76. The number of carbonyl (C=O) groups is 2. The van der Waals surface area contributed by atoms with Crippen molar-refractivity contribution in [2.45, 2.75) is 90.6 Å². The Bertz CT molecular complexity index is 1080. The number of hydrogen-bond acceptors (Lipinski definition) is 2. The first-order valence-corrected chi connectivity index (χ1v) is 13.0. The number of amides is 2. The van der Waals surface area contributed by atoms with Crippen molar-refractivity contribution in [1.29, 1.82) is 0 Å². The zero-order valence-electron chi connectivity index (χ0n) is 21.2. The van der Waals surface area contributed by atoms with Crippen LogP contribution < -0.4 is 5.32 Å². The third-order valence-electron chi connectivity index (χ3n) is 9.41. The summed E-state index contributed by atoms with van der Waals surface area (Å²) in [5.74, 6) is 0.663. The molecule has 6 heteroatoms. The van der Waals surface area contributed by atoms with Gasteiger partial charge in [-0.3, -0.25) is 9.69 Å². The number of carbonyl (C=O) groups excluding carboxylic acids is 1. The highest BCUT2D eigenvalue weighted by Gasteiger charge is 2.75. The first-order valence-electron chi connectivity index (χ1n) is 12.6. The molecule has 0 aromatic heterocycles. The molecule has 4 atom stereocenters. The van der Waals surface area contributed by atoms with E-state index in [1.54, 1.807) is 4.90 Å². The molecule has 1 heterocycles. The maximum absolute atomic E-state index is 13.4. The van der Waals surface area contributed by atoms with Crippen LogP contribution >= 0.6 is 11.6 Å². The molecule has 1 aliphatic heterocycles. The lowest BCUT2D eigenvalue weighted by molar-refractivity contribution is -0.215. The second-order valence-corrected chi connectivity index (χ2v) is 13.1. The quantitative estimate of drug-likeness (QED) is 0.473. The van der Waals surface area contributed by atoms with Crippen LogP contribution in [0.25, 0.3) is 0 Å². The van der Waals surface area contributed by atoms with E-state index in [9.17, 15) is 14.7 Å². The molecule has 0 saturated heterocycles. The standard InChI is InChI=1S/C28H37ClN2O3/c1-7-16(2)21-12-31(28-13-27(14-28,15-28)23(32)33)24(34)30-26(21,6)17-8-9-18(22(29)10-17)19-11-20(19)25(3,4)5/h8-10,12,16,19-20H,7,11,13-15H2,1-6H3,(H,30,34)(H,32,33)/t16-,19?,20?,26?,27?,28?/m0/s1. The Labute approximate surface area is 207 Å². The van der Waals surface area contributed by atoms with Gasteiger partial charge >= 0.3 is 12.0 Å². The maximum Gasteiger partial charge on any atom is 0.322 e. The van der Waals surface area contributed by atoms with Gasteiger partial charge in [-0.2, -0.15) is 0 Å². The third-order valence-corrected chi connectivity index (χ3v) is 9.74. The Morgan fingerprint density at radius 3 is 2.44 bits per heavy atom. The van der Waals surface area contributed by atoms with E-state index in [2.05, 4.69) is 59.0 Å². The van der Waals surface area contributed by atoms with E-state index in [1.807, 2.05) is 12.3 Å². The van der Waals surface area contributed by atoms with Gasteiger partial charge in [-0.05, 0) is 85.0 Å². The summed E-state index contributed by atoms with van der Waals surface area (Å²) in [6.45, 7) is 13.3. The van der Waals surface area contributed by atoms with E-state index < -0.39 is 16.9 Å². The van der Waals surface area contributed by atoms with Crippen molar-refractivity contribution in [3.63, 3.8) is 0 Å². The van der Waals surface area contributed by atoms with Gasteiger partial charge in [0.2, 0.25) is 0 Å². The van der Waals surface area contributed by atoms with E-state index in [-0.39, 0.29) is 22.9 Å². The molecule has 5 aliphatic rings. The van der Waals surface area contributed by atoms with Gasteiger partial charge in [0.15, 0.2) is 0 Å². The van der Waals surface area contributed by atoms with Crippen LogP contribution in [0, 0.1) is 22.7 Å². The second kappa shape index (κ2) is 7.25. The Morgan fingerprint density at radius 2 is 1.94 bits per heavy atom. The molecule has 2 amide bonds. The van der Waals surface area contributed by atoms with Gasteiger partial charge in [0.1, 0.15) is 0 Å². The van der Waals surface area contributed by atoms with Crippen LogP contribution in [0.5, 0.6) is 0 Å². The van der Waals surface area contributed by atoms with Crippen molar-refractivity contribution in [2.75, 3.05) is 0 Å². The zero-order valence-corrected chi connectivity index (χ0v) is 21.9. The zero-order chi connectivity index (χ0) is 24.8. The lowest BCUT2D eigenvalue weighted by atomic mass is 9.38. The first-order chi connectivity index (χ1) is 15.8. The summed E-state index contributed by atoms with van der Waals surface area (Å²) >= 11 is 6.84. The summed E-state index contributed by atoms with van der Waals surface area (Å²) in [5.41, 5.74) is 1.98. The number of carboxylic acid groups (broad SMARTS) is 1. The monoisotopic (exact) mass is 484 g/mol. The topological polar surface area (TPSA) is 69.6 Å². The number of urea groups is 1. The number of carboxylic acids is 1. The van der Waals surface area contributed by atoms with E-state index in [0.29, 0.717) is 31.1 Å². The molecule has 184 valence electrons. The summed E-state index contributed by atoms with van der Waals surface area (Å²) in [4.78, 5) is 26.8. The average molecular weight is 485 g/mol. The predicted octanol–water partition coefficient (Wildman–Crippen LogP) is 6.67. The van der Waals surface area contributed by atoms with E-state index in [1.165, 1.54) is 12.0 Å². The van der Waals surface area contributed by atoms with Crippen molar-refractivity contribution in [2.24, 2.45) is 22.7 Å². The molecule has 3 unspecified atom stereocenters. The Morgan fingerprint density at radius 1 is 1.29 bits per heavy atom. The minimum absolute atomic E-state index is 0.150. The maximum atomic E-state index is 13.4. The number of hydrogen-bond donors (Lipinski definition) is 2. The number of nitrogens with zero attached hydrogens (tertiary/aromatic N) is 1. The molecule has 1 aromatic carbocycles. The van der Waals surface area contributed by atoms with Crippen molar-refractivity contribution in [3.8, 4) is 0 Å². The van der Waals surface area contributed by atoms with Crippen molar-refractivity contribution in [3.05, 3.63) is 46.1 Å². The van der Waals surface area contributed by atoms with Crippen molar-refractivity contribution in [1.82, 2.24) is 10.2 Å². The summed E-state index contributed by atoms with van der Waals surface area (Å²) < 4.78 is 0. The van der Waals surface area contributed by atoms with Crippen LogP contribution in [0.3, 0.4) is 0 Å². The smallest absolute Gasteiger partial charge is 0.322 e. The number of benzene rings is 1. The minimum Gasteiger partial charge on any atom is -0.481 e. The Hall–Kier alpha value is -2.01. The highest BCUT2D eigenvalue weighted by atomic mass is 35.5. The van der Waals surface area contributed by atoms with Gasteiger partial charge in [-0.15, -0.1) is 0 Å². The number of nitrogens with one attached hydrogen (secondary N) is 1. The Kier molecular flexibility index (Phi) is 5.06. The van der Waals surface area contributed by atoms with Crippen LogP contribution in [-0.2, 0) is 10.3 Å². The van der Waals surface area contributed by atoms with Crippen LogP contribution in [0.15, 0.2) is 30.0 Å². The molecule has 4 aliphatic carbocycles. The fraction of sp³-hybridized carbons (Fsp3) is 0.643. The van der Waals surface area contributed by atoms with Gasteiger partial charge in [0.25, 0.3) is 0 Å². The summed E-state index contributed by atoms with van der Waals surface area (Å²) in [7, 11) is 0. The number of aliphatic carboxylic acids is 1. The molecule has 5 nitrogen and oxygen atoms in total. The minimum atomic E-state index is -0.734. The number of rotatable bonds is 6. The highest BCUT2D eigenvalue weighted by Crippen LogP contribution is 2.70. The molecular formula is C28H37ClN2O3. The van der Waals surface area contributed by atoms with Gasteiger partial charge in [-0.1, -0.05) is 58.4 Å². The van der Waals surface area contributed by atoms with Crippen LogP contribution in [0.4, 0.5) is 4.79 Å².